The zero-order chi connectivity index (χ0) is 10.0. The first kappa shape index (κ1) is 9.63. The van der Waals surface area contributed by atoms with Crippen LogP contribution in [0.3, 0.4) is 0 Å². The van der Waals surface area contributed by atoms with E-state index >= 15 is 0 Å². The summed E-state index contributed by atoms with van der Waals surface area (Å²) in [6, 6.07) is 0. The van der Waals surface area contributed by atoms with Crippen molar-refractivity contribution in [1.29, 1.82) is 0 Å². The highest BCUT2D eigenvalue weighted by Crippen LogP contribution is 2.16. The molecule has 5 nitrogen and oxygen atoms in total. The highest BCUT2D eigenvalue weighted by molar-refractivity contribution is 6.21. The molecule has 0 aromatic heterocycles. The van der Waals surface area contributed by atoms with Crippen molar-refractivity contribution in [2.75, 3.05) is 13.2 Å². The Labute approximate surface area is 73.6 Å². The van der Waals surface area contributed by atoms with Crippen LogP contribution in [0.15, 0.2) is 23.0 Å². The number of aliphatic hydroxyl groups excluding tert-OH is 3. The number of carbonyl (C=O) groups is 2. The first-order valence-electron chi connectivity index (χ1n) is 3.55. The number of hydrogen-bond acceptors (Lipinski definition) is 5. The Morgan fingerprint density at radius 2 is 1.62 bits per heavy atom. The lowest BCUT2D eigenvalue weighted by atomic mass is 9.95. The van der Waals surface area contributed by atoms with Gasteiger partial charge in [-0.25, -0.2) is 0 Å². The largest absolute Gasteiger partial charge is 0.504 e. The van der Waals surface area contributed by atoms with Gasteiger partial charge in [0, 0.05) is 17.2 Å². The summed E-state index contributed by atoms with van der Waals surface area (Å²) in [5, 5.41) is 26.4. The van der Waals surface area contributed by atoms with Crippen LogP contribution in [0.2, 0.25) is 0 Å². The van der Waals surface area contributed by atoms with Gasteiger partial charge >= 0.3 is 0 Å². The van der Waals surface area contributed by atoms with Gasteiger partial charge in [0.1, 0.15) is 0 Å². The van der Waals surface area contributed by atoms with Crippen molar-refractivity contribution >= 4 is 11.6 Å². The summed E-state index contributed by atoms with van der Waals surface area (Å²) < 4.78 is 0. The highest BCUT2D eigenvalue weighted by atomic mass is 16.3. The Hall–Kier alpha value is -1.46. The third-order valence-corrected chi connectivity index (χ3v) is 1.75. The van der Waals surface area contributed by atoms with Crippen LogP contribution in [0, 0.1) is 0 Å². The summed E-state index contributed by atoms with van der Waals surface area (Å²) in [5.41, 5.74) is -0.405. The normalized spacial score (nSPS) is 17.8. The molecule has 0 heterocycles. The SMILES string of the molecule is O=C1C=C(O)C(=O)C(CO)=C1CO. The molecule has 0 aromatic carbocycles. The van der Waals surface area contributed by atoms with Gasteiger partial charge in [0.2, 0.25) is 5.78 Å². The summed E-state index contributed by atoms with van der Waals surface area (Å²) in [4.78, 5) is 22.1. The zero-order valence-electron chi connectivity index (χ0n) is 6.65. The lowest BCUT2D eigenvalue weighted by Crippen LogP contribution is -2.23. The molecule has 0 saturated carbocycles. The van der Waals surface area contributed by atoms with Crippen molar-refractivity contribution in [3.05, 3.63) is 23.0 Å². The summed E-state index contributed by atoms with van der Waals surface area (Å²) in [5.74, 6) is -2.17. The topological polar surface area (TPSA) is 94.8 Å². The van der Waals surface area contributed by atoms with Gasteiger partial charge in [-0.15, -0.1) is 0 Å². The molecule has 1 aliphatic rings. The van der Waals surface area contributed by atoms with E-state index in [1.807, 2.05) is 0 Å². The maximum atomic E-state index is 11.1. The first-order valence-corrected chi connectivity index (χ1v) is 3.55. The second kappa shape index (κ2) is 3.51. The van der Waals surface area contributed by atoms with Crippen LogP contribution in [0.1, 0.15) is 0 Å². The Kier molecular flexibility index (Phi) is 2.60. The summed E-state index contributed by atoms with van der Waals surface area (Å²) in [7, 11) is 0. The van der Waals surface area contributed by atoms with Gasteiger partial charge < -0.3 is 15.3 Å². The maximum absolute atomic E-state index is 11.1. The Morgan fingerprint density at radius 3 is 2.08 bits per heavy atom. The standard InChI is InChI=1S/C8H8O5/c9-2-4-5(3-10)8(13)7(12)1-6(4)11/h1,9-10,12H,2-3H2. The molecule has 3 N–H and O–H groups in total. The van der Waals surface area contributed by atoms with Gasteiger partial charge in [-0.05, 0) is 0 Å². The molecule has 0 fully saturated rings. The van der Waals surface area contributed by atoms with Gasteiger partial charge in [0.15, 0.2) is 11.5 Å². The minimum absolute atomic E-state index is 0.162. The number of allylic oxidation sites excluding steroid dienone is 2. The Balaban J connectivity index is 3.19. The van der Waals surface area contributed by atoms with Crippen LogP contribution < -0.4 is 0 Å². The van der Waals surface area contributed by atoms with E-state index in [0.29, 0.717) is 0 Å². The number of rotatable bonds is 2. The van der Waals surface area contributed by atoms with Crippen LogP contribution in [-0.2, 0) is 9.59 Å². The molecule has 0 unspecified atom stereocenters. The quantitative estimate of drug-likeness (QED) is 0.471. The molecule has 0 atom stereocenters. The lowest BCUT2D eigenvalue weighted by Gasteiger charge is -2.12. The number of aliphatic hydroxyl groups is 3. The average molecular weight is 184 g/mol. The Morgan fingerprint density at radius 1 is 1.08 bits per heavy atom. The highest BCUT2D eigenvalue weighted by Gasteiger charge is 2.26. The molecule has 0 spiro atoms. The van der Waals surface area contributed by atoms with Gasteiger partial charge in [-0.1, -0.05) is 0 Å². The third kappa shape index (κ3) is 1.51. The molecular weight excluding hydrogens is 176 g/mol. The molecule has 70 valence electrons. The van der Waals surface area contributed by atoms with Gasteiger partial charge in [0.25, 0.3) is 0 Å². The van der Waals surface area contributed by atoms with E-state index in [-0.39, 0.29) is 11.1 Å². The van der Waals surface area contributed by atoms with E-state index in [9.17, 15) is 9.59 Å². The number of carbonyl (C=O) groups excluding carboxylic acids is 2. The molecule has 5 heteroatoms. The van der Waals surface area contributed by atoms with E-state index in [0.717, 1.165) is 6.08 Å². The molecule has 0 amide bonds. The average Bonchev–Trinajstić information content (AvgIpc) is 2.10. The summed E-state index contributed by atoms with van der Waals surface area (Å²) in [6.07, 6.45) is 0.729. The van der Waals surface area contributed by atoms with E-state index in [2.05, 4.69) is 0 Å². The summed E-state index contributed by atoms with van der Waals surface area (Å²) >= 11 is 0. The molecule has 0 radical (unpaired) electrons. The predicted molar refractivity (Wildman–Crippen MR) is 41.9 cm³/mol. The minimum Gasteiger partial charge on any atom is -0.504 e. The van der Waals surface area contributed by atoms with Crippen molar-refractivity contribution < 1.29 is 24.9 Å². The number of hydrogen-bond donors (Lipinski definition) is 3. The summed E-state index contributed by atoms with van der Waals surface area (Å²) in [6.45, 7) is -1.29. The van der Waals surface area contributed by atoms with E-state index in [1.54, 1.807) is 0 Å². The fourth-order valence-corrected chi connectivity index (χ4v) is 1.06. The van der Waals surface area contributed by atoms with Crippen LogP contribution in [-0.4, -0.2) is 40.1 Å². The molecule has 13 heavy (non-hydrogen) atoms. The van der Waals surface area contributed by atoms with Gasteiger partial charge in [0.05, 0.1) is 13.2 Å². The molecular formula is C8H8O5. The van der Waals surface area contributed by atoms with Crippen molar-refractivity contribution in [2.24, 2.45) is 0 Å². The third-order valence-electron chi connectivity index (χ3n) is 1.75. The second-order valence-electron chi connectivity index (χ2n) is 2.50. The fourth-order valence-electron chi connectivity index (χ4n) is 1.06. The predicted octanol–water partition coefficient (Wildman–Crippen LogP) is -1.14. The van der Waals surface area contributed by atoms with Crippen molar-refractivity contribution in [2.45, 2.75) is 0 Å². The monoisotopic (exact) mass is 184 g/mol. The van der Waals surface area contributed by atoms with Crippen molar-refractivity contribution in [1.82, 2.24) is 0 Å². The van der Waals surface area contributed by atoms with E-state index < -0.39 is 30.5 Å². The Bertz CT molecular complexity index is 323. The molecule has 1 rings (SSSR count). The zero-order valence-corrected chi connectivity index (χ0v) is 6.65. The van der Waals surface area contributed by atoms with Crippen LogP contribution in [0.4, 0.5) is 0 Å². The molecule has 0 saturated heterocycles. The molecule has 0 bridgehead atoms. The van der Waals surface area contributed by atoms with Gasteiger partial charge in [-0.2, -0.15) is 0 Å². The molecule has 1 aliphatic carbocycles. The number of ketones is 2. The fraction of sp³-hybridized carbons (Fsp3) is 0.250. The molecule has 0 aliphatic heterocycles. The van der Waals surface area contributed by atoms with E-state index in [4.69, 9.17) is 15.3 Å². The van der Waals surface area contributed by atoms with Crippen LogP contribution in [0.25, 0.3) is 0 Å². The molecule has 0 aromatic rings. The van der Waals surface area contributed by atoms with Gasteiger partial charge in [-0.3, -0.25) is 9.59 Å². The van der Waals surface area contributed by atoms with Crippen LogP contribution >= 0.6 is 0 Å². The maximum Gasteiger partial charge on any atom is 0.226 e. The second-order valence-corrected chi connectivity index (χ2v) is 2.50. The minimum atomic E-state index is -0.814. The van der Waals surface area contributed by atoms with Crippen molar-refractivity contribution in [3.8, 4) is 0 Å². The van der Waals surface area contributed by atoms with E-state index in [1.165, 1.54) is 0 Å². The number of Topliss-reactive ketones (excluding diaryl/α,β-unsaturated/α-hetero) is 1. The van der Waals surface area contributed by atoms with Crippen molar-refractivity contribution in [3.63, 3.8) is 0 Å². The lowest BCUT2D eigenvalue weighted by molar-refractivity contribution is -0.118. The van der Waals surface area contributed by atoms with Crippen LogP contribution in [0.5, 0.6) is 0 Å². The first-order chi connectivity index (χ1) is 6.11. The smallest absolute Gasteiger partial charge is 0.226 e.